The molecule has 3 aromatic rings. The molecular formula is C24H20ClNO3S2. The van der Waals surface area contributed by atoms with Crippen LogP contribution in [0.2, 0.25) is 5.02 Å². The lowest BCUT2D eigenvalue weighted by atomic mass is 10.1. The minimum Gasteiger partial charge on any atom is -0.493 e. The standard InChI is InChI=1S/C24H20ClNO3S2/c1-3-26-23(27)21(31-24(26)30)13-15-11-19(25)22(20(12-15)28-2)29-14-17-9-6-8-16-7-4-5-10-18(16)17/h4-13H,3,14H2,1-2H3/b21-13-. The largest absolute Gasteiger partial charge is 0.493 e. The molecule has 7 heteroatoms. The maximum atomic E-state index is 12.5. The summed E-state index contributed by atoms with van der Waals surface area (Å²) in [5.74, 6) is 0.879. The third-order valence-electron chi connectivity index (χ3n) is 4.99. The number of ether oxygens (including phenoxy) is 2. The Labute approximate surface area is 195 Å². The Balaban J connectivity index is 1.61. The first-order valence-electron chi connectivity index (χ1n) is 9.74. The van der Waals surface area contributed by atoms with Gasteiger partial charge in [-0.2, -0.15) is 0 Å². The molecule has 31 heavy (non-hydrogen) atoms. The molecule has 1 fully saturated rings. The van der Waals surface area contributed by atoms with Crippen LogP contribution in [0, 0.1) is 0 Å². The van der Waals surface area contributed by atoms with E-state index < -0.39 is 0 Å². The summed E-state index contributed by atoms with van der Waals surface area (Å²) in [5, 5.41) is 2.70. The van der Waals surface area contributed by atoms with E-state index in [-0.39, 0.29) is 5.91 Å². The number of halogens is 1. The summed E-state index contributed by atoms with van der Waals surface area (Å²) >= 11 is 13.1. The molecule has 4 nitrogen and oxygen atoms in total. The summed E-state index contributed by atoms with van der Waals surface area (Å²) in [6, 6.07) is 17.9. The third-order valence-corrected chi connectivity index (χ3v) is 6.65. The van der Waals surface area contributed by atoms with Crippen LogP contribution in [0.15, 0.2) is 59.5 Å². The second-order valence-corrected chi connectivity index (χ2v) is 8.97. The number of benzene rings is 3. The Bertz CT molecular complexity index is 1200. The molecule has 1 aliphatic heterocycles. The number of thioether (sulfide) groups is 1. The predicted molar refractivity (Wildman–Crippen MR) is 132 cm³/mol. The van der Waals surface area contributed by atoms with Crippen LogP contribution >= 0.6 is 35.6 Å². The van der Waals surface area contributed by atoms with E-state index in [9.17, 15) is 4.79 Å². The van der Waals surface area contributed by atoms with Crippen molar-refractivity contribution < 1.29 is 14.3 Å². The minimum absolute atomic E-state index is 0.0936. The van der Waals surface area contributed by atoms with Crippen molar-refractivity contribution in [1.29, 1.82) is 0 Å². The van der Waals surface area contributed by atoms with Gasteiger partial charge in [0.15, 0.2) is 11.5 Å². The Morgan fingerprint density at radius 2 is 1.94 bits per heavy atom. The molecule has 0 aromatic heterocycles. The van der Waals surface area contributed by atoms with Crippen molar-refractivity contribution in [2.45, 2.75) is 13.5 Å². The topological polar surface area (TPSA) is 38.8 Å². The highest BCUT2D eigenvalue weighted by atomic mass is 35.5. The van der Waals surface area contributed by atoms with Gasteiger partial charge in [-0.05, 0) is 47.0 Å². The first kappa shape index (κ1) is 21.7. The van der Waals surface area contributed by atoms with Gasteiger partial charge in [0, 0.05) is 6.54 Å². The zero-order chi connectivity index (χ0) is 22.0. The van der Waals surface area contributed by atoms with Crippen molar-refractivity contribution in [3.05, 3.63) is 75.7 Å². The highest BCUT2D eigenvalue weighted by molar-refractivity contribution is 8.26. The first-order valence-corrected chi connectivity index (χ1v) is 11.3. The van der Waals surface area contributed by atoms with Gasteiger partial charge in [-0.1, -0.05) is 78.0 Å². The minimum atomic E-state index is -0.0936. The van der Waals surface area contributed by atoms with Crippen molar-refractivity contribution in [3.8, 4) is 11.5 Å². The van der Waals surface area contributed by atoms with Crippen molar-refractivity contribution >= 4 is 62.7 Å². The molecule has 0 unspecified atom stereocenters. The number of carbonyl (C=O) groups excluding carboxylic acids is 1. The number of methoxy groups -OCH3 is 1. The molecule has 1 aliphatic rings. The Hall–Kier alpha value is -2.54. The molecule has 0 spiro atoms. The fourth-order valence-corrected chi connectivity index (χ4v) is 5.11. The van der Waals surface area contributed by atoms with Gasteiger partial charge in [0.2, 0.25) is 0 Å². The van der Waals surface area contributed by atoms with E-state index in [1.807, 2.05) is 37.3 Å². The fraction of sp³-hybridized carbons (Fsp3) is 0.167. The number of hydrogen-bond acceptors (Lipinski definition) is 5. The van der Waals surface area contributed by atoms with Gasteiger partial charge in [0.25, 0.3) is 5.91 Å². The summed E-state index contributed by atoms with van der Waals surface area (Å²) in [7, 11) is 1.57. The summed E-state index contributed by atoms with van der Waals surface area (Å²) in [4.78, 5) is 14.6. The van der Waals surface area contributed by atoms with E-state index >= 15 is 0 Å². The Morgan fingerprint density at radius 3 is 2.68 bits per heavy atom. The van der Waals surface area contributed by atoms with E-state index in [2.05, 4.69) is 18.2 Å². The normalized spacial score (nSPS) is 15.2. The van der Waals surface area contributed by atoms with Gasteiger partial charge in [0.1, 0.15) is 10.9 Å². The maximum Gasteiger partial charge on any atom is 0.266 e. The lowest BCUT2D eigenvalue weighted by molar-refractivity contribution is -0.121. The average molecular weight is 470 g/mol. The fourth-order valence-electron chi connectivity index (χ4n) is 3.46. The van der Waals surface area contributed by atoms with E-state index in [1.165, 1.54) is 11.8 Å². The van der Waals surface area contributed by atoms with Gasteiger partial charge < -0.3 is 9.47 Å². The molecule has 3 aromatic carbocycles. The van der Waals surface area contributed by atoms with Crippen LogP contribution in [-0.2, 0) is 11.4 Å². The van der Waals surface area contributed by atoms with Gasteiger partial charge in [0.05, 0.1) is 17.0 Å². The van der Waals surface area contributed by atoms with Crippen LogP contribution < -0.4 is 9.47 Å². The molecule has 0 N–H and O–H groups in total. The van der Waals surface area contributed by atoms with Gasteiger partial charge in [-0.3, -0.25) is 9.69 Å². The number of carbonyl (C=O) groups is 1. The predicted octanol–water partition coefficient (Wildman–Crippen LogP) is 6.30. The molecule has 4 rings (SSSR count). The number of amides is 1. The van der Waals surface area contributed by atoms with Gasteiger partial charge in [-0.25, -0.2) is 0 Å². The first-order chi connectivity index (χ1) is 15.0. The zero-order valence-electron chi connectivity index (χ0n) is 17.1. The zero-order valence-corrected chi connectivity index (χ0v) is 19.4. The van der Waals surface area contributed by atoms with E-state index in [0.29, 0.717) is 38.9 Å². The van der Waals surface area contributed by atoms with Crippen molar-refractivity contribution in [1.82, 2.24) is 4.90 Å². The summed E-state index contributed by atoms with van der Waals surface area (Å²) in [6.45, 7) is 2.80. The van der Waals surface area contributed by atoms with Crippen molar-refractivity contribution in [2.24, 2.45) is 0 Å². The van der Waals surface area contributed by atoms with E-state index in [0.717, 1.165) is 21.9 Å². The SMILES string of the molecule is CCN1C(=O)/C(=C/c2cc(Cl)c(OCc3cccc4ccccc34)c(OC)c2)SC1=S. The summed E-state index contributed by atoms with van der Waals surface area (Å²) in [5.41, 5.74) is 1.81. The smallest absolute Gasteiger partial charge is 0.266 e. The monoisotopic (exact) mass is 469 g/mol. The van der Waals surface area contributed by atoms with Crippen LogP contribution in [0.1, 0.15) is 18.1 Å². The lowest BCUT2D eigenvalue weighted by Gasteiger charge is -2.14. The van der Waals surface area contributed by atoms with E-state index in [4.69, 9.17) is 33.3 Å². The molecule has 0 atom stereocenters. The number of nitrogens with zero attached hydrogens (tertiary/aromatic N) is 1. The Morgan fingerprint density at radius 1 is 1.16 bits per heavy atom. The molecule has 0 saturated carbocycles. The molecule has 1 amide bonds. The molecule has 0 bridgehead atoms. The second-order valence-electron chi connectivity index (χ2n) is 6.89. The number of fused-ring (bicyclic) bond motifs is 1. The summed E-state index contributed by atoms with van der Waals surface area (Å²) in [6.07, 6.45) is 1.78. The number of thiocarbonyl (C=S) groups is 1. The van der Waals surface area contributed by atoms with Gasteiger partial charge >= 0.3 is 0 Å². The second kappa shape index (κ2) is 9.30. The van der Waals surface area contributed by atoms with Crippen LogP contribution in [-0.4, -0.2) is 28.8 Å². The third kappa shape index (κ3) is 4.42. The van der Waals surface area contributed by atoms with E-state index in [1.54, 1.807) is 24.2 Å². The van der Waals surface area contributed by atoms with Crippen LogP contribution in [0.3, 0.4) is 0 Å². The van der Waals surface area contributed by atoms with Crippen molar-refractivity contribution in [2.75, 3.05) is 13.7 Å². The number of likely N-dealkylation sites (N-methyl/N-ethyl adjacent to an activating group) is 1. The van der Waals surface area contributed by atoms with Crippen LogP contribution in [0.25, 0.3) is 16.8 Å². The van der Waals surface area contributed by atoms with Crippen LogP contribution in [0.4, 0.5) is 0 Å². The Kier molecular flexibility index (Phi) is 6.51. The maximum absolute atomic E-state index is 12.5. The highest BCUT2D eigenvalue weighted by Crippen LogP contribution is 2.39. The molecule has 1 heterocycles. The number of hydrogen-bond donors (Lipinski definition) is 0. The summed E-state index contributed by atoms with van der Waals surface area (Å²) < 4.78 is 12.2. The average Bonchev–Trinajstić information content (AvgIpc) is 3.04. The van der Waals surface area contributed by atoms with Crippen LogP contribution in [0.5, 0.6) is 11.5 Å². The molecule has 158 valence electrons. The molecule has 1 saturated heterocycles. The lowest BCUT2D eigenvalue weighted by Crippen LogP contribution is -2.27. The highest BCUT2D eigenvalue weighted by Gasteiger charge is 2.30. The molecular weight excluding hydrogens is 450 g/mol. The quantitative estimate of drug-likeness (QED) is 0.313. The molecule has 0 aliphatic carbocycles. The van der Waals surface area contributed by atoms with Gasteiger partial charge in [-0.15, -0.1) is 0 Å². The molecule has 0 radical (unpaired) electrons. The number of rotatable bonds is 6. The van der Waals surface area contributed by atoms with Crippen molar-refractivity contribution in [3.63, 3.8) is 0 Å².